The van der Waals surface area contributed by atoms with Crippen molar-refractivity contribution in [3.8, 4) is 11.4 Å². The molecule has 3 rings (SSSR count). The van der Waals surface area contributed by atoms with Crippen LogP contribution in [0.3, 0.4) is 0 Å². The molecule has 3 aromatic rings. The van der Waals surface area contributed by atoms with Gasteiger partial charge in [0.1, 0.15) is 6.04 Å². The Morgan fingerprint density at radius 3 is 2.55 bits per heavy atom. The van der Waals surface area contributed by atoms with Gasteiger partial charge in [-0.15, -0.1) is 0 Å². The van der Waals surface area contributed by atoms with E-state index in [0.29, 0.717) is 36.1 Å². The first-order valence-electron chi connectivity index (χ1n) is 9.78. The number of carbonyl (C=O) groups is 1. The molecule has 3 N–H and O–H groups in total. The molecule has 0 spiro atoms. The summed E-state index contributed by atoms with van der Waals surface area (Å²) in [5.41, 5.74) is 7.39. The molecule has 0 aliphatic heterocycles. The summed E-state index contributed by atoms with van der Waals surface area (Å²) < 4.78 is 5.50. The third-order valence-corrected chi connectivity index (χ3v) is 4.82. The number of amides is 1. The Morgan fingerprint density at radius 1 is 1.07 bits per heavy atom. The first-order valence-corrected chi connectivity index (χ1v) is 10.2. The summed E-state index contributed by atoms with van der Waals surface area (Å²) in [6.07, 6.45) is 3.69. The molecule has 2 aromatic carbocycles. The summed E-state index contributed by atoms with van der Waals surface area (Å²) in [5.74, 6) is 0.815. The van der Waals surface area contributed by atoms with Crippen LogP contribution in [-0.4, -0.2) is 22.6 Å². The number of rotatable bonds is 10. The van der Waals surface area contributed by atoms with Crippen LogP contribution in [0.5, 0.6) is 0 Å². The summed E-state index contributed by atoms with van der Waals surface area (Å²) in [6.45, 7) is 0.647. The molecule has 152 valence electrons. The first kappa shape index (κ1) is 21.0. The normalized spacial score (nSPS) is 11.9. The second-order valence-corrected chi connectivity index (χ2v) is 7.31. The van der Waals surface area contributed by atoms with Gasteiger partial charge in [0.25, 0.3) is 0 Å². The molecule has 0 radical (unpaired) electrons. The summed E-state index contributed by atoms with van der Waals surface area (Å²) >= 11 is 5.95. The molecule has 0 bridgehead atoms. The number of hydrogen-bond acceptors (Lipinski definition) is 5. The van der Waals surface area contributed by atoms with Gasteiger partial charge >= 0.3 is 0 Å². The molecule has 0 saturated heterocycles. The molecule has 0 fully saturated rings. The van der Waals surface area contributed by atoms with Crippen molar-refractivity contribution in [1.82, 2.24) is 15.5 Å². The molecule has 7 heteroatoms. The van der Waals surface area contributed by atoms with Gasteiger partial charge in [-0.25, -0.2) is 0 Å². The van der Waals surface area contributed by atoms with E-state index in [1.807, 2.05) is 42.5 Å². The Kier molecular flexibility index (Phi) is 7.78. The highest BCUT2D eigenvalue weighted by Crippen LogP contribution is 2.23. The fourth-order valence-electron chi connectivity index (χ4n) is 3.02. The van der Waals surface area contributed by atoms with E-state index in [2.05, 4.69) is 15.5 Å². The number of hydrogen-bond donors (Lipinski definition) is 2. The standard InChI is InChI=1S/C22H25ClN4O2/c23-18-12-10-17(11-13-18)21-26-22(29-27-21)19(15-16-7-3-1-4-8-16)25-20(28)9-5-2-6-14-24/h1,3-4,7-8,10-13,19H,2,5-6,9,14-15,24H2,(H,25,28). The predicted octanol–water partition coefficient (Wildman–Crippen LogP) is 4.31. The zero-order valence-corrected chi connectivity index (χ0v) is 16.9. The van der Waals surface area contributed by atoms with Crippen molar-refractivity contribution in [3.63, 3.8) is 0 Å². The second-order valence-electron chi connectivity index (χ2n) is 6.87. The van der Waals surface area contributed by atoms with E-state index in [1.165, 1.54) is 0 Å². The molecule has 6 nitrogen and oxygen atoms in total. The highest BCUT2D eigenvalue weighted by molar-refractivity contribution is 6.30. The largest absolute Gasteiger partial charge is 0.344 e. The van der Waals surface area contributed by atoms with Crippen LogP contribution >= 0.6 is 11.6 Å². The average molecular weight is 413 g/mol. The van der Waals surface area contributed by atoms with E-state index in [1.54, 1.807) is 12.1 Å². The molecule has 1 atom stereocenters. The smallest absolute Gasteiger partial charge is 0.249 e. The van der Waals surface area contributed by atoms with Crippen molar-refractivity contribution in [2.75, 3.05) is 6.54 Å². The zero-order chi connectivity index (χ0) is 20.5. The SMILES string of the molecule is NCCCCCC(=O)NC(Cc1ccccc1)c1nc(-c2ccc(Cl)cc2)no1. The number of nitrogens with one attached hydrogen (secondary N) is 1. The molecular formula is C22H25ClN4O2. The first-order chi connectivity index (χ1) is 14.2. The van der Waals surface area contributed by atoms with Crippen LogP contribution in [-0.2, 0) is 11.2 Å². The Balaban J connectivity index is 1.74. The molecule has 1 amide bonds. The van der Waals surface area contributed by atoms with Gasteiger partial charge in [-0.1, -0.05) is 53.5 Å². The van der Waals surface area contributed by atoms with Crippen molar-refractivity contribution in [1.29, 1.82) is 0 Å². The minimum Gasteiger partial charge on any atom is -0.344 e. The lowest BCUT2D eigenvalue weighted by Crippen LogP contribution is -2.30. The maximum Gasteiger partial charge on any atom is 0.249 e. The number of aromatic nitrogens is 2. The van der Waals surface area contributed by atoms with Crippen molar-refractivity contribution in [2.45, 2.75) is 38.1 Å². The van der Waals surface area contributed by atoms with Gasteiger partial charge < -0.3 is 15.6 Å². The lowest BCUT2D eigenvalue weighted by Gasteiger charge is -2.15. The highest BCUT2D eigenvalue weighted by Gasteiger charge is 2.22. The predicted molar refractivity (Wildman–Crippen MR) is 113 cm³/mol. The number of nitrogens with two attached hydrogens (primary N) is 1. The zero-order valence-electron chi connectivity index (χ0n) is 16.2. The fourth-order valence-corrected chi connectivity index (χ4v) is 3.14. The van der Waals surface area contributed by atoms with Crippen LogP contribution in [0, 0.1) is 0 Å². The Bertz CT molecular complexity index is 897. The Labute approximate surface area is 175 Å². The van der Waals surface area contributed by atoms with Gasteiger partial charge in [0.15, 0.2) is 0 Å². The fraction of sp³-hybridized carbons (Fsp3) is 0.318. The van der Waals surface area contributed by atoms with Crippen molar-refractivity contribution in [3.05, 3.63) is 71.1 Å². The summed E-state index contributed by atoms with van der Waals surface area (Å²) in [7, 11) is 0. The van der Waals surface area contributed by atoms with E-state index in [4.69, 9.17) is 21.9 Å². The number of benzene rings is 2. The van der Waals surface area contributed by atoms with Gasteiger partial charge in [-0.3, -0.25) is 4.79 Å². The number of halogens is 1. The van der Waals surface area contributed by atoms with Gasteiger partial charge in [0, 0.05) is 23.4 Å². The van der Waals surface area contributed by atoms with E-state index in [9.17, 15) is 4.79 Å². The molecule has 0 saturated carbocycles. The molecule has 1 unspecified atom stereocenters. The summed E-state index contributed by atoms with van der Waals surface area (Å²) in [5, 5.41) is 7.76. The number of carbonyl (C=O) groups excluding carboxylic acids is 1. The second kappa shape index (κ2) is 10.7. The minimum absolute atomic E-state index is 0.0332. The van der Waals surface area contributed by atoms with Crippen LogP contribution in [0.1, 0.15) is 43.2 Å². The monoisotopic (exact) mass is 412 g/mol. The summed E-state index contributed by atoms with van der Waals surface area (Å²) in [6, 6.07) is 16.7. The molecule has 29 heavy (non-hydrogen) atoms. The Hall–Kier alpha value is -2.70. The highest BCUT2D eigenvalue weighted by atomic mass is 35.5. The molecule has 0 aliphatic carbocycles. The van der Waals surface area contributed by atoms with Crippen molar-refractivity contribution in [2.24, 2.45) is 5.73 Å². The van der Waals surface area contributed by atoms with Crippen LogP contribution in [0.4, 0.5) is 0 Å². The maximum atomic E-state index is 12.4. The Morgan fingerprint density at radius 2 is 1.83 bits per heavy atom. The third-order valence-electron chi connectivity index (χ3n) is 4.57. The maximum absolute atomic E-state index is 12.4. The van der Waals surface area contributed by atoms with Crippen molar-refractivity contribution < 1.29 is 9.32 Å². The third kappa shape index (κ3) is 6.41. The number of unbranched alkanes of at least 4 members (excludes halogenated alkanes) is 2. The molecular weight excluding hydrogens is 388 g/mol. The van der Waals surface area contributed by atoms with Gasteiger partial charge in [-0.05, 0) is 49.2 Å². The van der Waals surface area contributed by atoms with E-state index >= 15 is 0 Å². The quantitative estimate of drug-likeness (QED) is 0.484. The van der Waals surface area contributed by atoms with E-state index < -0.39 is 6.04 Å². The lowest BCUT2D eigenvalue weighted by atomic mass is 10.1. The van der Waals surface area contributed by atoms with Gasteiger partial charge in [0.05, 0.1) is 0 Å². The van der Waals surface area contributed by atoms with Gasteiger partial charge in [0.2, 0.25) is 17.6 Å². The van der Waals surface area contributed by atoms with E-state index in [0.717, 1.165) is 30.4 Å². The summed E-state index contributed by atoms with van der Waals surface area (Å²) in [4.78, 5) is 17.0. The topological polar surface area (TPSA) is 94.0 Å². The lowest BCUT2D eigenvalue weighted by molar-refractivity contribution is -0.122. The molecule has 1 aromatic heterocycles. The number of nitrogens with zero attached hydrogens (tertiary/aromatic N) is 2. The van der Waals surface area contributed by atoms with Crippen LogP contribution < -0.4 is 11.1 Å². The molecule has 0 aliphatic rings. The van der Waals surface area contributed by atoms with Gasteiger partial charge in [-0.2, -0.15) is 4.98 Å². The van der Waals surface area contributed by atoms with Crippen LogP contribution in [0.2, 0.25) is 5.02 Å². The van der Waals surface area contributed by atoms with Crippen LogP contribution in [0.15, 0.2) is 59.1 Å². The average Bonchev–Trinajstić information content (AvgIpc) is 3.22. The molecule has 1 heterocycles. The minimum atomic E-state index is -0.395. The van der Waals surface area contributed by atoms with Crippen LogP contribution in [0.25, 0.3) is 11.4 Å². The van der Waals surface area contributed by atoms with Crippen molar-refractivity contribution >= 4 is 17.5 Å². The van der Waals surface area contributed by atoms with E-state index in [-0.39, 0.29) is 5.91 Å².